The normalized spacial score (nSPS) is 13.1. The van der Waals surface area contributed by atoms with E-state index in [1.165, 1.54) is 0 Å². The van der Waals surface area contributed by atoms with E-state index in [0.29, 0.717) is 6.04 Å². The summed E-state index contributed by atoms with van der Waals surface area (Å²) >= 11 is 0. The molecule has 0 aromatic carbocycles. The van der Waals surface area contributed by atoms with Crippen molar-refractivity contribution in [3.05, 3.63) is 11.7 Å². The zero-order valence-corrected chi connectivity index (χ0v) is 9.21. The molecule has 4 nitrogen and oxygen atoms in total. The highest BCUT2D eigenvalue weighted by atomic mass is 16.5. The lowest BCUT2D eigenvalue weighted by Gasteiger charge is -2.12. The summed E-state index contributed by atoms with van der Waals surface area (Å²) in [6.07, 6.45) is 2.75. The van der Waals surface area contributed by atoms with Crippen LogP contribution in [0.15, 0.2) is 4.52 Å². The van der Waals surface area contributed by atoms with Gasteiger partial charge in [0.05, 0.1) is 0 Å². The van der Waals surface area contributed by atoms with Gasteiger partial charge in [-0.25, -0.2) is 0 Å². The highest BCUT2D eigenvalue weighted by molar-refractivity contribution is 4.88. The molecule has 1 aromatic heterocycles. The van der Waals surface area contributed by atoms with Gasteiger partial charge in [0, 0.05) is 18.9 Å². The summed E-state index contributed by atoms with van der Waals surface area (Å²) in [5, 5.41) is 7.25. The van der Waals surface area contributed by atoms with Gasteiger partial charge < -0.3 is 9.84 Å². The fourth-order valence-corrected chi connectivity index (χ4v) is 1.38. The molecule has 0 aliphatic carbocycles. The summed E-state index contributed by atoms with van der Waals surface area (Å²) in [6.45, 7) is 7.27. The van der Waals surface area contributed by atoms with E-state index < -0.39 is 0 Å². The molecule has 1 unspecified atom stereocenters. The maximum Gasteiger partial charge on any atom is 0.228 e. The Balaban J connectivity index is 2.48. The minimum absolute atomic E-state index is 0.449. The first-order valence-corrected chi connectivity index (χ1v) is 5.34. The third-order valence-corrected chi connectivity index (χ3v) is 2.23. The van der Waals surface area contributed by atoms with Gasteiger partial charge in [0.15, 0.2) is 5.82 Å². The molecule has 0 aliphatic heterocycles. The molecular formula is C10H19N3O. The Labute approximate surface area is 85.1 Å². The molecule has 1 rings (SSSR count). The summed E-state index contributed by atoms with van der Waals surface area (Å²) in [5.74, 6) is 1.54. The molecule has 0 saturated heterocycles. The first kappa shape index (κ1) is 11.2. The van der Waals surface area contributed by atoms with Gasteiger partial charge in [-0.3, -0.25) is 0 Å². The third-order valence-electron chi connectivity index (χ3n) is 2.23. The number of aromatic nitrogens is 2. The zero-order valence-electron chi connectivity index (χ0n) is 9.21. The summed E-state index contributed by atoms with van der Waals surface area (Å²) in [6, 6.07) is 0.449. The van der Waals surface area contributed by atoms with Crippen molar-refractivity contribution < 1.29 is 4.52 Å². The Morgan fingerprint density at radius 2 is 2.14 bits per heavy atom. The number of rotatable bonds is 6. The number of hydrogen-bond acceptors (Lipinski definition) is 4. The highest BCUT2D eigenvalue weighted by Crippen LogP contribution is 2.04. The lowest BCUT2D eigenvalue weighted by atomic mass is 10.1. The zero-order chi connectivity index (χ0) is 10.4. The molecule has 0 aliphatic rings. The molecule has 1 N–H and O–H groups in total. The molecule has 14 heavy (non-hydrogen) atoms. The maximum atomic E-state index is 5.13. The van der Waals surface area contributed by atoms with Gasteiger partial charge in [0.2, 0.25) is 5.89 Å². The van der Waals surface area contributed by atoms with Crippen LogP contribution in [0.2, 0.25) is 0 Å². The van der Waals surface area contributed by atoms with Crippen molar-refractivity contribution in [1.82, 2.24) is 15.5 Å². The molecule has 1 aromatic rings. The smallest absolute Gasteiger partial charge is 0.228 e. The van der Waals surface area contributed by atoms with E-state index in [1.54, 1.807) is 0 Å². The van der Waals surface area contributed by atoms with Gasteiger partial charge in [0.1, 0.15) is 0 Å². The molecule has 1 heterocycles. The third kappa shape index (κ3) is 3.10. The van der Waals surface area contributed by atoms with Gasteiger partial charge in [-0.1, -0.05) is 25.9 Å². The Morgan fingerprint density at radius 1 is 1.36 bits per heavy atom. The lowest BCUT2D eigenvalue weighted by Crippen LogP contribution is -2.30. The number of likely N-dealkylation sites (N-methyl/N-ethyl adjacent to an activating group) is 1. The molecule has 0 bridgehead atoms. The van der Waals surface area contributed by atoms with Crippen LogP contribution in [0, 0.1) is 0 Å². The Kier molecular flexibility index (Phi) is 4.59. The van der Waals surface area contributed by atoms with Crippen molar-refractivity contribution in [1.29, 1.82) is 0 Å². The average Bonchev–Trinajstić information content (AvgIpc) is 2.65. The molecule has 80 valence electrons. The van der Waals surface area contributed by atoms with Crippen molar-refractivity contribution in [2.24, 2.45) is 0 Å². The van der Waals surface area contributed by atoms with E-state index in [2.05, 4.69) is 29.3 Å². The van der Waals surface area contributed by atoms with Crippen molar-refractivity contribution in [2.45, 2.75) is 46.1 Å². The minimum Gasteiger partial charge on any atom is -0.339 e. The molecule has 0 radical (unpaired) electrons. The van der Waals surface area contributed by atoms with Crippen LogP contribution in [0.5, 0.6) is 0 Å². The van der Waals surface area contributed by atoms with Crippen molar-refractivity contribution in [3.8, 4) is 0 Å². The van der Waals surface area contributed by atoms with Crippen LogP contribution in [0.25, 0.3) is 0 Å². The Bertz CT molecular complexity index is 260. The largest absolute Gasteiger partial charge is 0.339 e. The van der Waals surface area contributed by atoms with Gasteiger partial charge in [-0.05, 0) is 13.0 Å². The van der Waals surface area contributed by atoms with Crippen LogP contribution < -0.4 is 5.32 Å². The van der Waals surface area contributed by atoms with Gasteiger partial charge in [-0.2, -0.15) is 4.98 Å². The number of hydrogen-bond donors (Lipinski definition) is 1. The van der Waals surface area contributed by atoms with Crippen molar-refractivity contribution in [2.75, 3.05) is 6.54 Å². The van der Waals surface area contributed by atoms with Crippen LogP contribution >= 0.6 is 0 Å². The number of nitrogens with one attached hydrogen (secondary N) is 1. The fraction of sp³-hybridized carbons (Fsp3) is 0.800. The summed E-state index contributed by atoms with van der Waals surface area (Å²) in [4.78, 5) is 4.28. The van der Waals surface area contributed by atoms with Crippen molar-refractivity contribution in [3.63, 3.8) is 0 Å². The summed E-state index contributed by atoms with van der Waals surface area (Å²) in [7, 11) is 0. The van der Waals surface area contributed by atoms with Crippen LogP contribution in [-0.4, -0.2) is 22.7 Å². The van der Waals surface area contributed by atoms with E-state index in [-0.39, 0.29) is 0 Å². The van der Waals surface area contributed by atoms with E-state index >= 15 is 0 Å². The van der Waals surface area contributed by atoms with Crippen LogP contribution in [0.3, 0.4) is 0 Å². The quantitative estimate of drug-likeness (QED) is 0.752. The Hall–Kier alpha value is -0.900. The maximum absolute atomic E-state index is 5.13. The molecule has 0 spiro atoms. The molecular weight excluding hydrogens is 178 g/mol. The average molecular weight is 197 g/mol. The number of nitrogens with zero attached hydrogens (tertiary/aromatic N) is 2. The lowest BCUT2D eigenvalue weighted by molar-refractivity contribution is 0.352. The number of aryl methyl sites for hydroxylation is 1. The Morgan fingerprint density at radius 3 is 2.64 bits per heavy atom. The fourth-order valence-electron chi connectivity index (χ4n) is 1.38. The second kappa shape index (κ2) is 5.75. The summed E-state index contributed by atoms with van der Waals surface area (Å²) < 4.78 is 5.13. The van der Waals surface area contributed by atoms with E-state index in [0.717, 1.165) is 37.5 Å². The van der Waals surface area contributed by atoms with Crippen LogP contribution in [0.4, 0.5) is 0 Å². The van der Waals surface area contributed by atoms with Crippen LogP contribution in [0.1, 0.15) is 38.9 Å². The van der Waals surface area contributed by atoms with E-state index in [1.807, 2.05) is 6.92 Å². The molecule has 1 atom stereocenters. The van der Waals surface area contributed by atoms with E-state index in [9.17, 15) is 0 Å². The van der Waals surface area contributed by atoms with Gasteiger partial charge >= 0.3 is 0 Å². The standard InChI is InChI=1S/C10H19N3O/c1-4-8(11-6-3)7-10-12-9(5-2)13-14-10/h8,11H,4-7H2,1-3H3. The summed E-state index contributed by atoms with van der Waals surface area (Å²) in [5.41, 5.74) is 0. The topological polar surface area (TPSA) is 51.0 Å². The second-order valence-electron chi connectivity index (χ2n) is 3.32. The molecule has 0 fully saturated rings. The second-order valence-corrected chi connectivity index (χ2v) is 3.32. The van der Waals surface area contributed by atoms with E-state index in [4.69, 9.17) is 4.52 Å². The monoisotopic (exact) mass is 197 g/mol. The van der Waals surface area contributed by atoms with Crippen LogP contribution in [-0.2, 0) is 12.8 Å². The first-order valence-electron chi connectivity index (χ1n) is 5.34. The molecule has 4 heteroatoms. The van der Waals surface area contributed by atoms with Gasteiger partial charge in [-0.15, -0.1) is 0 Å². The molecule has 0 amide bonds. The van der Waals surface area contributed by atoms with Gasteiger partial charge in [0.25, 0.3) is 0 Å². The predicted molar refractivity (Wildman–Crippen MR) is 55.1 cm³/mol. The SMILES string of the molecule is CCNC(CC)Cc1nc(CC)no1. The first-order chi connectivity index (χ1) is 6.80. The van der Waals surface area contributed by atoms with Crippen molar-refractivity contribution >= 4 is 0 Å². The predicted octanol–water partition coefficient (Wildman–Crippen LogP) is 1.56. The minimum atomic E-state index is 0.449. The highest BCUT2D eigenvalue weighted by Gasteiger charge is 2.11. The molecule has 0 saturated carbocycles.